The molecular weight excluding hydrogens is 454 g/mol. The van der Waals surface area contributed by atoms with E-state index in [0.29, 0.717) is 37.4 Å². The summed E-state index contributed by atoms with van der Waals surface area (Å²) < 4.78 is 34.3. The van der Waals surface area contributed by atoms with Gasteiger partial charge in [-0.05, 0) is 29.8 Å². The smallest absolute Gasteiger partial charge is 0.387 e. The van der Waals surface area contributed by atoms with E-state index in [2.05, 4.69) is 10.1 Å². The Labute approximate surface area is 194 Å². The highest BCUT2D eigenvalue weighted by molar-refractivity contribution is 5.95. The molecule has 1 aliphatic heterocycles. The van der Waals surface area contributed by atoms with E-state index >= 15 is 0 Å². The van der Waals surface area contributed by atoms with Crippen LogP contribution in [0.1, 0.15) is 22.8 Å². The highest BCUT2D eigenvalue weighted by Crippen LogP contribution is 2.31. The van der Waals surface area contributed by atoms with E-state index < -0.39 is 17.4 Å². The van der Waals surface area contributed by atoms with Crippen molar-refractivity contribution < 1.29 is 32.8 Å². The standard InChI is InChI=1S/C22H24F2N4O6/c1-14(29)26-7-9-27(10-8-26)17-5-4-16(12-18(17)28(31)32)21(30)25-13-15-3-6-19(34-22(23)24)20(11-15)33-2/h3-6,11-12,22H,7-10,13H2,1-2H3,(H,25,30). The first-order chi connectivity index (χ1) is 16.2. The molecule has 1 fully saturated rings. The number of carbonyl (C=O) groups is 2. The Balaban J connectivity index is 1.70. The van der Waals surface area contributed by atoms with Crippen molar-refractivity contribution in [2.24, 2.45) is 0 Å². The Kier molecular flexibility index (Phi) is 7.82. The molecule has 0 spiro atoms. The van der Waals surface area contributed by atoms with E-state index in [4.69, 9.17) is 4.74 Å². The molecule has 1 aliphatic rings. The first-order valence-corrected chi connectivity index (χ1v) is 10.4. The van der Waals surface area contributed by atoms with Crippen LogP contribution in [0, 0.1) is 10.1 Å². The van der Waals surface area contributed by atoms with Gasteiger partial charge in [-0.2, -0.15) is 8.78 Å². The van der Waals surface area contributed by atoms with E-state index in [9.17, 15) is 28.5 Å². The molecule has 0 aliphatic carbocycles. The number of benzene rings is 2. The lowest BCUT2D eigenvalue weighted by Crippen LogP contribution is -2.48. The molecule has 1 heterocycles. The lowest BCUT2D eigenvalue weighted by atomic mass is 10.1. The minimum Gasteiger partial charge on any atom is -0.493 e. The zero-order valence-corrected chi connectivity index (χ0v) is 18.6. The second-order valence-corrected chi connectivity index (χ2v) is 7.50. The fraction of sp³-hybridized carbons (Fsp3) is 0.364. The molecular formula is C22H24F2N4O6. The summed E-state index contributed by atoms with van der Waals surface area (Å²) in [6, 6.07) is 8.47. The molecule has 2 aromatic rings. The molecule has 10 nitrogen and oxygen atoms in total. The third-order valence-electron chi connectivity index (χ3n) is 5.40. The van der Waals surface area contributed by atoms with E-state index in [-0.39, 0.29) is 35.2 Å². The average Bonchev–Trinajstić information content (AvgIpc) is 2.82. The minimum absolute atomic E-state index is 0.0344. The Morgan fingerprint density at radius 2 is 1.82 bits per heavy atom. The summed E-state index contributed by atoms with van der Waals surface area (Å²) in [5, 5.41) is 14.3. The molecule has 2 aromatic carbocycles. The number of nitro groups is 1. The molecule has 0 bridgehead atoms. The molecule has 182 valence electrons. The fourth-order valence-electron chi connectivity index (χ4n) is 3.64. The largest absolute Gasteiger partial charge is 0.493 e. The Hall–Kier alpha value is -3.96. The molecule has 1 N–H and O–H groups in total. The Morgan fingerprint density at radius 1 is 1.12 bits per heavy atom. The van der Waals surface area contributed by atoms with E-state index in [1.165, 1.54) is 50.4 Å². The summed E-state index contributed by atoms with van der Waals surface area (Å²) in [5.41, 5.74) is 0.826. The van der Waals surface area contributed by atoms with Gasteiger partial charge in [-0.15, -0.1) is 0 Å². The number of methoxy groups -OCH3 is 1. The number of carbonyl (C=O) groups excluding carboxylic acids is 2. The van der Waals surface area contributed by atoms with Gasteiger partial charge in [0.25, 0.3) is 11.6 Å². The number of hydrogen-bond acceptors (Lipinski definition) is 7. The SMILES string of the molecule is COc1cc(CNC(=O)c2ccc(N3CCN(C(C)=O)CC3)c([N+](=O)[O-])c2)ccc1OC(F)F. The number of amides is 2. The van der Waals surface area contributed by atoms with Crippen LogP contribution in [-0.2, 0) is 11.3 Å². The Bertz CT molecular complexity index is 1070. The summed E-state index contributed by atoms with van der Waals surface area (Å²) >= 11 is 0. The average molecular weight is 478 g/mol. The van der Waals surface area contributed by atoms with Crippen molar-refractivity contribution in [3.63, 3.8) is 0 Å². The number of nitrogens with zero attached hydrogens (tertiary/aromatic N) is 3. The minimum atomic E-state index is -3.00. The first kappa shape index (κ1) is 24.7. The van der Waals surface area contributed by atoms with Crippen LogP contribution >= 0.6 is 0 Å². The summed E-state index contributed by atoms with van der Waals surface area (Å²) in [4.78, 5) is 38.7. The maximum absolute atomic E-state index is 12.6. The van der Waals surface area contributed by atoms with E-state index in [0.717, 1.165) is 0 Å². The van der Waals surface area contributed by atoms with Gasteiger partial charge in [0.15, 0.2) is 11.5 Å². The van der Waals surface area contributed by atoms with Gasteiger partial charge in [0.2, 0.25) is 5.91 Å². The van der Waals surface area contributed by atoms with Crippen molar-refractivity contribution in [3.05, 3.63) is 57.6 Å². The van der Waals surface area contributed by atoms with Gasteiger partial charge in [0.1, 0.15) is 5.69 Å². The molecule has 34 heavy (non-hydrogen) atoms. The predicted molar refractivity (Wildman–Crippen MR) is 118 cm³/mol. The third kappa shape index (κ3) is 5.88. The zero-order chi connectivity index (χ0) is 24.8. The molecule has 12 heteroatoms. The van der Waals surface area contributed by atoms with Crippen molar-refractivity contribution in [2.45, 2.75) is 20.1 Å². The van der Waals surface area contributed by atoms with Gasteiger partial charge in [0, 0.05) is 51.3 Å². The molecule has 2 amide bonds. The van der Waals surface area contributed by atoms with E-state index in [1.807, 2.05) is 4.90 Å². The molecule has 0 saturated carbocycles. The molecule has 3 rings (SSSR count). The Morgan fingerprint density at radius 3 is 2.41 bits per heavy atom. The van der Waals surface area contributed by atoms with Gasteiger partial charge in [-0.1, -0.05) is 6.07 Å². The lowest BCUT2D eigenvalue weighted by Gasteiger charge is -2.35. The highest BCUT2D eigenvalue weighted by Gasteiger charge is 2.26. The van der Waals surface area contributed by atoms with Crippen molar-refractivity contribution in [2.75, 3.05) is 38.2 Å². The van der Waals surface area contributed by atoms with Crippen molar-refractivity contribution >= 4 is 23.2 Å². The summed E-state index contributed by atoms with van der Waals surface area (Å²) in [6.45, 7) is 0.313. The summed E-state index contributed by atoms with van der Waals surface area (Å²) in [6.07, 6.45) is 0. The monoisotopic (exact) mass is 478 g/mol. The topological polar surface area (TPSA) is 114 Å². The lowest BCUT2D eigenvalue weighted by molar-refractivity contribution is -0.384. The van der Waals surface area contributed by atoms with Crippen LogP contribution in [0.4, 0.5) is 20.2 Å². The number of piperazine rings is 1. The zero-order valence-electron chi connectivity index (χ0n) is 18.6. The maximum Gasteiger partial charge on any atom is 0.387 e. The van der Waals surface area contributed by atoms with Crippen LogP contribution in [-0.4, -0.2) is 61.5 Å². The number of nitrogens with one attached hydrogen (secondary N) is 1. The maximum atomic E-state index is 12.6. The second-order valence-electron chi connectivity index (χ2n) is 7.50. The highest BCUT2D eigenvalue weighted by atomic mass is 19.3. The number of hydrogen-bond donors (Lipinski definition) is 1. The summed E-state index contributed by atoms with van der Waals surface area (Å²) in [5.74, 6) is -0.641. The van der Waals surface area contributed by atoms with Gasteiger partial charge in [-0.3, -0.25) is 19.7 Å². The number of rotatable bonds is 8. The number of alkyl halides is 2. The van der Waals surface area contributed by atoms with Gasteiger partial charge in [-0.25, -0.2) is 0 Å². The normalized spacial score (nSPS) is 13.6. The molecule has 0 atom stereocenters. The molecule has 0 radical (unpaired) electrons. The molecule has 0 aromatic heterocycles. The molecule has 1 saturated heterocycles. The van der Waals surface area contributed by atoms with Crippen LogP contribution in [0.25, 0.3) is 0 Å². The second kappa shape index (κ2) is 10.8. The number of ether oxygens (including phenoxy) is 2. The predicted octanol–water partition coefficient (Wildman–Crippen LogP) is 2.80. The van der Waals surface area contributed by atoms with Crippen LogP contribution in [0.3, 0.4) is 0 Å². The van der Waals surface area contributed by atoms with Crippen LogP contribution in [0.5, 0.6) is 11.5 Å². The van der Waals surface area contributed by atoms with Gasteiger partial charge in [0.05, 0.1) is 12.0 Å². The first-order valence-electron chi connectivity index (χ1n) is 10.4. The number of halogens is 2. The van der Waals surface area contributed by atoms with E-state index in [1.54, 1.807) is 4.90 Å². The third-order valence-corrected chi connectivity index (χ3v) is 5.40. The fourth-order valence-corrected chi connectivity index (χ4v) is 3.64. The van der Waals surface area contributed by atoms with Gasteiger partial charge < -0.3 is 24.6 Å². The number of anilines is 1. The van der Waals surface area contributed by atoms with Crippen molar-refractivity contribution in [3.8, 4) is 11.5 Å². The summed E-state index contributed by atoms with van der Waals surface area (Å²) in [7, 11) is 1.30. The number of nitro benzene ring substituents is 1. The van der Waals surface area contributed by atoms with Crippen LogP contribution in [0.15, 0.2) is 36.4 Å². The van der Waals surface area contributed by atoms with Crippen LogP contribution < -0.4 is 19.7 Å². The quantitative estimate of drug-likeness (QED) is 0.458. The molecule has 0 unspecified atom stereocenters. The van der Waals surface area contributed by atoms with Crippen molar-refractivity contribution in [1.29, 1.82) is 0 Å². The van der Waals surface area contributed by atoms with Crippen LogP contribution in [0.2, 0.25) is 0 Å². The van der Waals surface area contributed by atoms with Gasteiger partial charge >= 0.3 is 6.61 Å². The van der Waals surface area contributed by atoms with Crippen molar-refractivity contribution in [1.82, 2.24) is 10.2 Å².